The zero-order chi connectivity index (χ0) is 24.4. The Hall–Kier alpha value is -3.99. The molecule has 0 radical (unpaired) electrons. The molecule has 2 heterocycles. The van der Waals surface area contributed by atoms with Crippen molar-refractivity contribution in [1.82, 2.24) is 0 Å². The van der Waals surface area contributed by atoms with Crippen LogP contribution in [0.15, 0.2) is 72.8 Å². The Kier molecular flexibility index (Phi) is 4.78. The molecule has 1 saturated heterocycles. The number of benzene rings is 3. The standard InChI is InChI=1S/C30H25NO4/c1-16-9-12-21-23-15-22(19-7-5-4-6-8-19)25-27(26(23)30(34)35-24(21)13-16)29(33)31(28(25)32)20-11-10-17(2)18(3)14-20/h4-15,22,25-27H,1-3H3/t22-,25-,26-,27-/m1/s1. The van der Waals surface area contributed by atoms with Gasteiger partial charge in [-0.25, -0.2) is 4.90 Å². The predicted molar refractivity (Wildman–Crippen MR) is 133 cm³/mol. The number of amides is 2. The van der Waals surface area contributed by atoms with Crippen LogP contribution in [-0.4, -0.2) is 17.8 Å². The Morgan fingerprint density at radius 2 is 1.51 bits per heavy atom. The lowest BCUT2D eigenvalue weighted by molar-refractivity contribution is -0.142. The quantitative estimate of drug-likeness (QED) is 0.300. The van der Waals surface area contributed by atoms with E-state index in [2.05, 4.69) is 0 Å². The molecule has 2 amide bonds. The van der Waals surface area contributed by atoms with Crippen molar-refractivity contribution in [2.45, 2.75) is 26.7 Å². The normalized spacial score (nSPS) is 24.9. The number of hydrogen-bond donors (Lipinski definition) is 0. The highest BCUT2D eigenvalue weighted by molar-refractivity contribution is 6.24. The summed E-state index contributed by atoms with van der Waals surface area (Å²) in [6.07, 6.45) is 2.02. The molecule has 2 aliphatic heterocycles. The van der Waals surface area contributed by atoms with Crippen LogP contribution in [0, 0.1) is 38.5 Å². The van der Waals surface area contributed by atoms with Crippen LogP contribution >= 0.6 is 0 Å². The molecule has 0 aromatic heterocycles. The Balaban J connectivity index is 1.55. The average molecular weight is 464 g/mol. The van der Waals surface area contributed by atoms with Gasteiger partial charge in [-0.05, 0) is 66.8 Å². The number of carbonyl (C=O) groups excluding carboxylic acids is 3. The third-order valence-corrected chi connectivity index (χ3v) is 7.68. The highest BCUT2D eigenvalue weighted by Crippen LogP contribution is 2.54. The zero-order valence-electron chi connectivity index (χ0n) is 19.8. The van der Waals surface area contributed by atoms with Gasteiger partial charge in [-0.15, -0.1) is 0 Å². The number of carbonyl (C=O) groups is 3. The molecule has 4 atom stereocenters. The first-order chi connectivity index (χ1) is 16.8. The maximum Gasteiger partial charge on any atom is 0.319 e. The molecule has 174 valence electrons. The monoisotopic (exact) mass is 463 g/mol. The summed E-state index contributed by atoms with van der Waals surface area (Å²) in [5.74, 6) is -3.23. The fourth-order valence-corrected chi connectivity index (χ4v) is 5.79. The van der Waals surface area contributed by atoms with Gasteiger partial charge in [0.1, 0.15) is 5.75 Å². The van der Waals surface area contributed by atoms with Crippen LogP contribution in [0.1, 0.15) is 33.7 Å². The molecule has 0 saturated carbocycles. The lowest BCUT2D eigenvalue weighted by atomic mass is 9.64. The van der Waals surface area contributed by atoms with Crippen LogP contribution in [0.5, 0.6) is 5.75 Å². The third-order valence-electron chi connectivity index (χ3n) is 7.68. The molecule has 3 aromatic carbocycles. The minimum atomic E-state index is -0.823. The topological polar surface area (TPSA) is 63.7 Å². The smallest absolute Gasteiger partial charge is 0.319 e. The maximum absolute atomic E-state index is 14.0. The van der Waals surface area contributed by atoms with Gasteiger partial charge in [0.15, 0.2) is 0 Å². The number of fused-ring (bicyclic) bond motifs is 5. The predicted octanol–water partition coefficient (Wildman–Crippen LogP) is 5.13. The first-order valence-electron chi connectivity index (χ1n) is 11.9. The molecule has 6 rings (SSSR count). The molecule has 35 heavy (non-hydrogen) atoms. The van der Waals surface area contributed by atoms with E-state index in [9.17, 15) is 14.4 Å². The first kappa shape index (κ1) is 21.5. The van der Waals surface area contributed by atoms with Gasteiger partial charge in [0.05, 0.1) is 23.4 Å². The van der Waals surface area contributed by atoms with Gasteiger partial charge >= 0.3 is 5.97 Å². The van der Waals surface area contributed by atoms with E-state index in [1.54, 1.807) is 6.07 Å². The molecule has 3 aromatic rings. The molecule has 1 fully saturated rings. The van der Waals surface area contributed by atoms with E-state index in [4.69, 9.17) is 4.74 Å². The van der Waals surface area contributed by atoms with E-state index in [1.807, 2.05) is 87.5 Å². The Morgan fingerprint density at radius 3 is 2.26 bits per heavy atom. The van der Waals surface area contributed by atoms with Crippen molar-refractivity contribution in [3.05, 3.63) is 101 Å². The minimum Gasteiger partial charge on any atom is -0.425 e. The van der Waals surface area contributed by atoms with E-state index in [0.717, 1.165) is 33.4 Å². The first-order valence-corrected chi connectivity index (χ1v) is 11.9. The summed E-state index contributed by atoms with van der Waals surface area (Å²) in [4.78, 5) is 42.5. The second-order valence-electron chi connectivity index (χ2n) is 9.79. The summed E-state index contributed by atoms with van der Waals surface area (Å²) in [5, 5.41) is 0. The van der Waals surface area contributed by atoms with Gasteiger partial charge in [-0.3, -0.25) is 14.4 Å². The number of aryl methyl sites for hydroxylation is 3. The molecule has 5 nitrogen and oxygen atoms in total. The number of ether oxygens (including phenoxy) is 1. The Labute approximate surface area is 204 Å². The van der Waals surface area contributed by atoms with Gasteiger partial charge in [-0.2, -0.15) is 0 Å². The van der Waals surface area contributed by atoms with Crippen LogP contribution in [0.2, 0.25) is 0 Å². The number of nitrogens with zero attached hydrogens (tertiary/aromatic N) is 1. The number of imide groups is 1. The highest BCUT2D eigenvalue weighted by Gasteiger charge is 2.60. The summed E-state index contributed by atoms with van der Waals surface area (Å²) in [6, 6.07) is 21.1. The summed E-state index contributed by atoms with van der Waals surface area (Å²) in [7, 11) is 0. The van der Waals surface area contributed by atoms with Gasteiger partial charge in [0, 0.05) is 11.5 Å². The van der Waals surface area contributed by atoms with Crippen molar-refractivity contribution >= 4 is 29.0 Å². The zero-order valence-corrected chi connectivity index (χ0v) is 19.8. The summed E-state index contributed by atoms with van der Waals surface area (Å²) >= 11 is 0. The molecule has 3 aliphatic rings. The second kappa shape index (κ2) is 7.77. The van der Waals surface area contributed by atoms with Crippen molar-refractivity contribution in [1.29, 1.82) is 0 Å². The number of anilines is 1. The van der Waals surface area contributed by atoms with Gasteiger partial charge in [-0.1, -0.05) is 54.6 Å². The second-order valence-corrected chi connectivity index (χ2v) is 9.79. The molecular weight excluding hydrogens is 438 g/mol. The molecule has 0 spiro atoms. The molecule has 0 unspecified atom stereocenters. The fraction of sp³-hybridized carbons (Fsp3) is 0.233. The van der Waals surface area contributed by atoms with Crippen molar-refractivity contribution in [3.63, 3.8) is 0 Å². The number of esters is 1. The van der Waals surface area contributed by atoms with Gasteiger partial charge < -0.3 is 4.74 Å². The van der Waals surface area contributed by atoms with Crippen molar-refractivity contribution in [2.75, 3.05) is 4.90 Å². The molecule has 1 aliphatic carbocycles. The number of hydrogen-bond acceptors (Lipinski definition) is 4. The van der Waals surface area contributed by atoms with Crippen molar-refractivity contribution < 1.29 is 19.1 Å². The summed E-state index contributed by atoms with van der Waals surface area (Å²) in [5.41, 5.74) is 6.14. The minimum absolute atomic E-state index is 0.269. The SMILES string of the molecule is Cc1ccc2c(c1)OC(=O)[C@@H]1C2=C[C@H](c2ccccc2)[C@H]2C(=O)N(c3ccc(C)c(C)c3)C(=O)[C@@H]12. The van der Waals surface area contributed by atoms with Gasteiger partial charge in [0.2, 0.25) is 11.8 Å². The molecule has 5 heteroatoms. The molecular formula is C30H25NO4. The van der Waals surface area contributed by atoms with E-state index >= 15 is 0 Å². The van der Waals surface area contributed by atoms with E-state index in [0.29, 0.717) is 11.4 Å². The summed E-state index contributed by atoms with van der Waals surface area (Å²) in [6.45, 7) is 5.89. The van der Waals surface area contributed by atoms with Crippen LogP contribution in [0.25, 0.3) is 5.57 Å². The van der Waals surface area contributed by atoms with Crippen molar-refractivity contribution in [2.24, 2.45) is 17.8 Å². The van der Waals surface area contributed by atoms with E-state index in [-0.39, 0.29) is 17.7 Å². The number of rotatable bonds is 2. The average Bonchev–Trinajstić information content (AvgIpc) is 3.11. The van der Waals surface area contributed by atoms with Crippen LogP contribution in [0.3, 0.4) is 0 Å². The Bertz CT molecular complexity index is 1440. The lowest BCUT2D eigenvalue weighted by Crippen LogP contribution is -2.42. The van der Waals surface area contributed by atoms with Crippen molar-refractivity contribution in [3.8, 4) is 5.75 Å². The lowest BCUT2D eigenvalue weighted by Gasteiger charge is -2.38. The van der Waals surface area contributed by atoms with Gasteiger partial charge in [0.25, 0.3) is 0 Å². The summed E-state index contributed by atoms with van der Waals surface area (Å²) < 4.78 is 5.73. The molecule has 0 N–H and O–H groups in total. The van der Waals surface area contributed by atoms with Crippen LogP contribution < -0.4 is 9.64 Å². The molecule has 0 bridgehead atoms. The highest BCUT2D eigenvalue weighted by atomic mass is 16.5. The number of allylic oxidation sites excluding steroid dienone is 1. The maximum atomic E-state index is 14.0. The largest absolute Gasteiger partial charge is 0.425 e. The van der Waals surface area contributed by atoms with E-state index < -0.39 is 23.7 Å². The van der Waals surface area contributed by atoms with E-state index in [1.165, 1.54) is 4.90 Å². The van der Waals surface area contributed by atoms with Crippen LogP contribution in [0.4, 0.5) is 5.69 Å². The Morgan fingerprint density at radius 1 is 0.771 bits per heavy atom. The third kappa shape index (κ3) is 3.18. The van der Waals surface area contributed by atoms with Crippen LogP contribution in [-0.2, 0) is 14.4 Å². The fourth-order valence-electron chi connectivity index (χ4n) is 5.79.